The van der Waals surface area contributed by atoms with Gasteiger partial charge in [0.15, 0.2) is 0 Å². The average Bonchev–Trinajstić information content (AvgIpc) is 2.92. The van der Waals surface area contributed by atoms with Gasteiger partial charge >= 0.3 is 0 Å². The van der Waals surface area contributed by atoms with Crippen molar-refractivity contribution < 1.29 is 0 Å². The van der Waals surface area contributed by atoms with Gasteiger partial charge in [0.1, 0.15) is 0 Å². The van der Waals surface area contributed by atoms with E-state index in [1.54, 1.807) is 10.4 Å². The van der Waals surface area contributed by atoms with Crippen LogP contribution in [-0.2, 0) is 0 Å². The Bertz CT molecular complexity index is 1180. The Morgan fingerprint density at radius 1 is 0.677 bits per heavy atom. The summed E-state index contributed by atoms with van der Waals surface area (Å²) in [5.41, 5.74) is 13.8. The molecule has 0 N–H and O–H groups in total. The van der Waals surface area contributed by atoms with Crippen LogP contribution >= 0.6 is 0 Å². The largest absolute Gasteiger partial charge is 0.0843 e. The van der Waals surface area contributed by atoms with Gasteiger partial charge in [-0.15, -0.1) is 0 Å². The molecule has 3 aromatic rings. The zero-order valence-electron chi connectivity index (χ0n) is 20.1. The van der Waals surface area contributed by atoms with E-state index in [-0.39, 0.29) is 0 Å². The number of rotatable bonds is 4. The second kappa shape index (κ2) is 8.47. The van der Waals surface area contributed by atoms with Crippen LogP contribution in [0.15, 0.2) is 77.0 Å². The van der Waals surface area contributed by atoms with Gasteiger partial charge in [0.2, 0.25) is 0 Å². The zero-order chi connectivity index (χ0) is 22.3. The van der Waals surface area contributed by atoms with E-state index in [9.17, 15) is 0 Å². The number of aryl methyl sites for hydroxylation is 4. The van der Waals surface area contributed by atoms with Gasteiger partial charge in [-0.3, -0.25) is 0 Å². The highest BCUT2D eigenvalue weighted by molar-refractivity contribution is 6.63. The van der Waals surface area contributed by atoms with Crippen molar-refractivity contribution in [1.82, 2.24) is 0 Å². The van der Waals surface area contributed by atoms with Gasteiger partial charge in [-0.1, -0.05) is 111 Å². The number of allylic oxidation sites excluding steroid dienone is 4. The summed E-state index contributed by atoms with van der Waals surface area (Å²) in [4.78, 5) is 0. The van der Waals surface area contributed by atoms with Gasteiger partial charge in [-0.25, -0.2) is 0 Å². The van der Waals surface area contributed by atoms with Crippen molar-refractivity contribution in [3.05, 3.63) is 99.3 Å². The van der Waals surface area contributed by atoms with Crippen LogP contribution in [0.4, 0.5) is 0 Å². The highest BCUT2D eigenvalue weighted by Crippen LogP contribution is 2.35. The molecule has 4 rings (SSSR count). The Morgan fingerprint density at radius 3 is 1.74 bits per heavy atom. The van der Waals surface area contributed by atoms with Crippen LogP contribution in [0.1, 0.15) is 43.0 Å². The molecule has 0 heterocycles. The molecule has 0 bridgehead atoms. The number of hydrogen-bond acceptors (Lipinski definition) is 0. The molecule has 0 amide bonds. The van der Waals surface area contributed by atoms with Gasteiger partial charge in [0, 0.05) is 0 Å². The van der Waals surface area contributed by atoms with Crippen molar-refractivity contribution in [3.8, 4) is 22.3 Å². The molecule has 1 unspecified atom stereocenters. The molecule has 0 aromatic heterocycles. The van der Waals surface area contributed by atoms with Crippen LogP contribution in [-0.4, -0.2) is 9.52 Å². The summed E-state index contributed by atoms with van der Waals surface area (Å²) in [5, 5.41) is 3.26. The third kappa shape index (κ3) is 4.38. The van der Waals surface area contributed by atoms with Gasteiger partial charge in [0.25, 0.3) is 0 Å². The summed E-state index contributed by atoms with van der Waals surface area (Å²) in [7, 11) is -0.577. The van der Waals surface area contributed by atoms with Crippen molar-refractivity contribution >= 4 is 14.7 Å². The summed E-state index contributed by atoms with van der Waals surface area (Å²) in [6.45, 7) is 15.8. The van der Waals surface area contributed by atoms with Crippen molar-refractivity contribution in [2.24, 2.45) is 5.92 Å². The van der Waals surface area contributed by atoms with E-state index in [0.29, 0.717) is 5.92 Å². The standard InChI is InChI=1S/C30H34Si/c1-18-11-19(2)14-25(13-18)27-9-8-10-28(31-30-23(6)17-22(5)24(30)7)29(27)26-15-20(3)12-21(4)16-26/h8-17,23H,31H2,1-7H3. The lowest BCUT2D eigenvalue weighted by atomic mass is 9.91. The average molecular weight is 423 g/mol. The van der Waals surface area contributed by atoms with Crippen LogP contribution in [0.2, 0.25) is 0 Å². The molecule has 0 aliphatic heterocycles. The molecule has 1 aliphatic rings. The molecule has 0 spiro atoms. The second-order valence-electron chi connectivity index (χ2n) is 9.56. The normalized spacial score (nSPS) is 16.5. The fourth-order valence-corrected chi connectivity index (χ4v) is 7.49. The SMILES string of the molecule is CC1=CC(C)C([SiH2]c2cccc(-c3cc(C)cc(C)c3)c2-c2cc(C)cc(C)c2)=C1C. The molecule has 1 atom stereocenters. The first-order valence-corrected chi connectivity index (χ1v) is 12.8. The minimum absolute atomic E-state index is 0.573. The summed E-state index contributed by atoms with van der Waals surface area (Å²) < 4.78 is 0. The molecule has 0 fully saturated rings. The monoisotopic (exact) mass is 422 g/mol. The number of hydrogen-bond donors (Lipinski definition) is 0. The summed E-state index contributed by atoms with van der Waals surface area (Å²) in [5.74, 6) is 0.573. The summed E-state index contributed by atoms with van der Waals surface area (Å²) >= 11 is 0. The van der Waals surface area contributed by atoms with Crippen LogP contribution < -0.4 is 5.19 Å². The Morgan fingerprint density at radius 2 is 1.23 bits per heavy atom. The topological polar surface area (TPSA) is 0 Å². The fourth-order valence-electron chi connectivity index (χ4n) is 5.27. The van der Waals surface area contributed by atoms with Crippen LogP contribution in [0.3, 0.4) is 0 Å². The third-order valence-corrected chi connectivity index (χ3v) is 9.22. The van der Waals surface area contributed by atoms with E-state index in [0.717, 1.165) is 0 Å². The molecule has 0 radical (unpaired) electrons. The maximum Gasteiger partial charge on any atom is 0.0843 e. The maximum absolute atomic E-state index is 2.45. The maximum atomic E-state index is 2.45. The van der Waals surface area contributed by atoms with Gasteiger partial charge < -0.3 is 0 Å². The minimum atomic E-state index is -0.577. The van der Waals surface area contributed by atoms with E-state index in [1.165, 1.54) is 55.7 Å². The first-order valence-electron chi connectivity index (χ1n) is 11.4. The Hall–Kier alpha value is -2.64. The zero-order valence-corrected chi connectivity index (χ0v) is 21.5. The fraction of sp³-hybridized carbons (Fsp3) is 0.267. The van der Waals surface area contributed by atoms with E-state index >= 15 is 0 Å². The third-order valence-electron chi connectivity index (χ3n) is 6.70. The molecule has 31 heavy (non-hydrogen) atoms. The van der Waals surface area contributed by atoms with E-state index in [2.05, 4.69) is 109 Å². The molecule has 3 aromatic carbocycles. The molecule has 0 saturated carbocycles. The lowest BCUT2D eigenvalue weighted by Gasteiger charge is -2.19. The quantitative estimate of drug-likeness (QED) is 0.400. The van der Waals surface area contributed by atoms with Crippen LogP contribution in [0, 0.1) is 33.6 Å². The summed E-state index contributed by atoms with van der Waals surface area (Å²) in [6.07, 6.45) is 2.45. The molecule has 1 heteroatoms. The second-order valence-corrected chi connectivity index (χ2v) is 11.4. The predicted molar refractivity (Wildman–Crippen MR) is 140 cm³/mol. The van der Waals surface area contributed by atoms with E-state index in [4.69, 9.17) is 0 Å². The van der Waals surface area contributed by atoms with Gasteiger partial charge in [-0.2, -0.15) is 0 Å². The van der Waals surface area contributed by atoms with Crippen LogP contribution in [0.25, 0.3) is 22.3 Å². The lowest BCUT2D eigenvalue weighted by molar-refractivity contribution is 0.928. The van der Waals surface area contributed by atoms with Crippen molar-refractivity contribution in [1.29, 1.82) is 0 Å². The molecular formula is C30H34Si. The Labute approximate surface area is 190 Å². The van der Waals surface area contributed by atoms with Gasteiger partial charge in [-0.05, 0) is 69.7 Å². The minimum Gasteiger partial charge on any atom is -0.0748 e. The molecule has 1 aliphatic carbocycles. The first kappa shape index (κ1) is 21.6. The lowest BCUT2D eigenvalue weighted by Crippen LogP contribution is -2.22. The first-order chi connectivity index (χ1) is 14.7. The Balaban J connectivity index is 1.96. The predicted octanol–water partition coefficient (Wildman–Crippen LogP) is 6.92. The highest BCUT2D eigenvalue weighted by atomic mass is 28.2. The Kier molecular flexibility index (Phi) is 5.90. The highest BCUT2D eigenvalue weighted by Gasteiger charge is 2.21. The van der Waals surface area contributed by atoms with Gasteiger partial charge in [0.05, 0.1) is 9.52 Å². The van der Waals surface area contributed by atoms with E-state index in [1.807, 2.05) is 0 Å². The van der Waals surface area contributed by atoms with Crippen molar-refractivity contribution in [2.45, 2.75) is 48.5 Å². The number of benzene rings is 3. The van der Waals surface area contributed by atoms with Crippen LogP contribution in [0.5, 0.6) is 0 Å². The van der Waals surface area contributed by atoms with Crippen molar-refractivity contribution in [2.75, 3.05) is 0 Å². The summed E-state index contributed by atoms with van der Waals surface area (Å²) in [6, 6.07) is 21.0. The molecule has 0 saturated heterocycles. The molecule has 0 nitrogen and oxygen atoms in total. The smallest absolute Gasteiger partial charge is 0.0748 e. The molecule has 158 valence electrons. The van der Waals surface area contributed by atoms with E-state index < -0.39 is 9.52 Å². The molecular weight excluding hydrogens is 388 g/mol. The van der Waals surface area contributed by atoms with Crippen molar-refractivity contribution in [3.63, 3.8) is 0 Å².